The maximum absolute atomic E-state index is 11.8. The van der Waals surface area contributed by atoms with Crippen LogP contribution in [0.4, 0.5) is 24.5 Å². The number of thioether (sulfide) groups is 1. The molecule has 7 heteroatoms. The molecule has 0 atom stereocenters. The smallest absolute Gasteiger partial charge is 0.398 e. The zero-order chi connectivity index (χ0) is 12.9. The van der Waals surface area contributed by atoms with Crippen LogP contribution in [0, 0.1) is 11.3 Å². The number of hydrogen-bond acceptors (Lipinski definition) is 4. The predicted molar refractivity (Wildman–Crippen MR) is 62.6 cm³/mol. The Morgan fingerprint density at radius 2 is 2.12 bits per heavy atom. The molecule has 3 nitrogen and oxygen atoms in total. The number of halogens is 3. The number of alkyl halides is 3. The molecule has 1 rings (SSSR count). The van der Waals surface area contributed by atoms with Crippen molar-refractivity contribution in [2.45, 2.75) is 5.51 Å². The lowest BCUT2D eigenvalue weighted by atomic mass is 10.2. The second kappa shape index (κ2) is 5.68. The van der Waals surface area contributed by atoms with Crippen LogP contribution in [0.3, 0.4) is 0 Å². The Kier molecular flexibility index (Phi) is 4.52. The highest BCUT2D eigenvalue weighted by atomic mass is 32.2. The molecule has 0 amide bonds. The first-order valence-corrected chi connectivity index (χ1v) is 5.65. The maximum Gasteiger partial charge on any atom is 0.441 e. The van der Waals surface area contributed by atoms with Crippen molar-refractivity contribution in [2.75, 3.05) is 23.3 Å². The fourth-order valence-corrected chi connectivity index (χ4v) is 1.57. The van der Waals surface area contributed by atoms with Gasteiger partial charge >= 0.3 is 5.51 Å². The summed E-state index contributed by atoms with van der Waals surface area (Å²) in [7, 11) is 0. The average molecular weight is 261 g/mol. The summed E-state index contributed by atoms with van der Waals surface area (Å²) in [5, 5.41) is 11.4. The van der Waals surface area contributed by atoms with Crippen molar-refractivity contribution in [3.8, 4) is 6.07 Å². The molecule has 1 aromatic carbocycles. The topological polar surface area (TPSA) is 61.8 Å². The summed E-state index contributed by atoms with van der Waals surface area (Å²) >= 11 is -0.0814. The monoisotopic (exact) mass is 261 g/mol. The molecular formula is C10H10F3N3S. The molecule has 0 heterocycles. The minimum atomic E-state index is -4.20. The molecule has 1 aromatic rings. The van der Waals surface area contributed by atoms with Crippen LogP contribution in [-0.4, -0.2) is 17.8 Å². The first-order chi connectivity index (χ1) is 7.92. The molecule has 0 aromatic heterocycles. The number of rotatable bonds is 4. The summed E-state index contributed by atoms with van der Waals surface area (Å²) in [4.78, 5) is 0. The molecule has 0 fully saturated rings. The van der Waals surface area contributed by atoms with Crippen molar-refractivity contribution in [3.05, 3.63) is 23.8 Å². The largest absolute Gasteiger partial charge is 0.441 e. The fourth-order valence-electron chi connectivity index (χ4n) is 1.14. The molecule has 0 bridgehead atoms. The quantitative estimate of drug-likeness (QED) is 0.646. The van der Waals surface area contributed by atoms with Gasteiger partial charge in [0.05, 0.1) is 11.3 Å². The molecule has 0 radical (unpaired) electrons. The first kappa shape index (κ1) is 13.5. The number of benzene rings is 1. The lowest BCUT2D eigenvalue weighted by Crippen LogP contribution is -2.09. The Balaban J connectivity index is 2.43. The number of nitrogens with two attached hydrogens (primary N) is 1. The van der Waals surface area contributed by atoms with Gasteiger partial charge in [-0.2, -0.15) is 18.4 Å². The minimum absolute atomic E-state index is 0.0800. The van der Waals surface area contributed by atoms with Gasteiger partial charge < -0.3 is 11.1 Å². The summed E-state index contributed by atoms with van der Waals surface area (Å²) in [6.45, 7) is 0.176. The number of hydrogen-bond donors (Lipinski definition) is 2. The van der Waals surface area contributed by atoms with Crippen molar-refractivity contribution in [2.24, 2.45) is 0 Å². The van der Waals surface area contributed by atoms with Crippen LogP contribution in [0.15, 0.2) is 18.2 Å². The van der Waals surface area contributed by atoms with Crippen LogP contribution in [0.1, 0.15) is 5.56 Å². The molecule has 3 N–H and O–H groups in total. The minimum Gasteiger partial charge on any atom is -0.398 e. The van der Waals surface area contributed by atoms with Gasteiger partial charge in [-0.05, 0) is 30.0 Å². The Labute approximate surface area is 101 Å². The summed E-state index contributed by atoms with van der Waals surface area (Å²) in [5.41, 5.74) is 2.61. The van der Waals surface area contributed by atoms with Crippen molar-refractivity contribution in [3.63, 3.8) is 0 Å². The molecule has 0 aliphatic carbocycles. The summed E-state index contributed by atoms with van der Waals surface area (Å²) in [6.07, 6.45) is 0. The standard InChI is InChI=1S/C10H10F3N3S/c11-10(12,13)17-4-3-16-8-2-1-7(6-14)9(15)5-8/h1-2,5,16H,3-4,15H2. The maximum atomic E-state index is 11.8. The molecule has 0 aliphatic heterocycles. The highest BCUT2D eigenvalue weighted by Crippen LogP contribution is 2.29. The normalized spacial score (nSPS) is 10.9. The Bertz CT molecular complexity index is 426. The van der Waals surface area contributed by atoms with Crippen molar-refractivity contribution < 1.29 is 13.2 Å². The zero-order valence-corrected chi connectivity index (χ0v) is 9.53. The third kappa shape index (κ3) is 4.87. The van der Waals surface area contributed by atoms with Crippen LogP contribution in [0.2, 0.25) is 0 Å². The number of nitrogen functional groups attached to an aromatic ring is 1. The van der Waals surface area contributed by atoms with Gasteiger partial charge in [0.2, 0.25) is 0 Å². The van der Waals surface area contributed by atoms with Crippen molar-refractivity contribution in [1.29, 1.82) is 5.26 Å². The van der Waals surface area contributed by atoms with Crippen LogP contribution in [0.25, 0.3) is 0 Å². The van der Waals surface area contributed by atoms with Gasteiger partial charge in [0.1, 0.15) is 6.07 Å². The predicted octanol–water partition coefficient (Wildman–Crippen LogP) is 2.81. The van der Waals surface area contributed by atoms with Crippen molar-refractivity contribution >= 4 is 23.1 Å². The average Bonchev–Trinajstić information content (AvgIpc) is 2.23. The van der Waals surface area contributed by atoms with E-state index in [1.165, 1.54) is 12.1 Å². The van der Waals surface area contributed by atoms with Gasteiger partial charge in [-0.3, -0.25) is 0 Å². The van der Waals surface area contributed by atoms with Gasteiger partial charge in [0.25, 0.3) is 0 Å². The molecule has 0 saturated carbocycles. The molecular weight excluding hydrogens is 251 g/mol. The Morgan fingerprint density at radius 3 is 2.65 bits per heavy atom. The van der Waals surface area contributed by atoms with Crippen LogP contribution >= 0.6 is 11.8 Å². The SMILES string of the molecule is N#Cc1ccc(NCCSC(F)(F)F)cc1N. The van der Waals surface area contributed by atoms with E-state index in [0.29, 0.717) is 16.9 Å². The van der Waals surface area contributed by atoms with E-state index in [-0.39, 0.29) is 24.1 Å². The molecule has 92 valence electrons. The highest BCUT2D eigenvalue weighted by molar-refractivity contribution is 8.00. The number of nitrogens with one attached hydrogen (secondary N) is 1. The highest BCUT2D eigenvalue weighted by Gasteiger charge is 2.27. The Hall–Kier alpha value is -1.55. The summed E-state index contributed by atoms with van der Waals surface area (Å²) < 4.78 is 35.5. The number of nitrogens with zero attached hydrogens (tertiary/aromatic N) is 1. The number of anilines is 2. The van der Waals surface area contributed by atoms with E-state index in [9.17, 15) is 13.2 Å². The third-order valence-corrected chi connectivity index (χ3v) is 2.60. The lowest BCUT2D eigenvalue weighted by molar-refractivity contribution is -0.0327. The first-order valence-electron chi connectivity index (χ1n) is 4.66. The Morgan fingerprint density at radius 1 is 1.41 bits per heavy atom. The van der Waals surface area contributed by atoms with Gasteiger partial charge in [-0.25, -0.2) is 0 Å². The third-order valence-electron chi connectivity index (χ3n) is 1.87. The second-order valence-electron chi connectivity index (χ2n) is 3.13. The van der Waals surface area contributed by atoms with Gasteiger partial charge in [0, 0.05) is 18.0 Å². The molecule has 0 spiro atoms. The van der Waals surface area contributed by atoms with E-state index in [1.807, 2.05) is 6.07 Å². The van der Waals surface area contributed by atoms with E-state index in [4.69, 9.17) is 11.0 Å². The van der Waals surface area contributed by atoms with E-state index in [1.54, 1.807) is 6.07 Å². The second-order valence-corrected chi connectivity index (χ2v) is 4.29. The van der Waals surface area contributed by atoms with E-state index in [2.05, 4.69) is 5.32 Å². The van der Waals surface area contributed by atoms with Gasteiger partial charge in [-0.15, -0.1) is 0 Å². The summed E-state index contributed by atoms with van der Waals surface area (Å²) in [5.74, 6) is -0.0800. The van der Waals surface area contributed by atoms with Gasteiger partial charge in [0.15, 0.2) is 0 Å². The van der Waals surface area contributed by atoms with E-state index in [0.717, 1.165) is 0 Å². The van der Waals surface area contributed by atoms with Crippen molar-refractivity contribution in [1.82, 2.24) is 0 Å². The zero-order valence-electron chi connectivity index (χ0n) is 8.71. The molecule has 0 aliphatic rings. The molecule has 0 saturated heterocycles. The van der Waals surface area contributed by atoms with Gasteiger partial charge in [-0.1, -0.05) is 0 Å². The van der Waals surface area contributed by atoms with E-state index < -0.39 is 5.51 Å². The summed E-state index contributed by atoms with van der Waals surface area (Å²) in [6, 6.07) is 6.56. The molecule has 0 unspecified atom stereocenters. The van der Waals surface area contributed by atoms with E-state index >= 15 is 0 Å². The fraction of sp³-hybridized carbons (Fsp3) is 0.300. The van der Waals surface area contributed by atoms with Crippen LogP contribution in [0.5, 0.6) is 0 Å². The molecule has 17 heavy (non-hydrogen) atoms. The number of nitriles is 1. The van der Waals surface area contributed by atoms with Crippen LogP contribution < -0.4 is 11.1 Å². The van der Waals surface area contributed by atoms with Crippen LogP contribution in [-0.2, 0) is 0 Å². The lowest BCUT2D eigenvalue weighted by Gasteiger charge is -2.08.